The van der Waals surface area contributed by atoms with E-state index in [1.807, 2.05) is 32.0 Å². The topological polar surface area (TPSA) is 107 Å². The number of amides is 2. The molecule has 2 heterocycles. The van der Waals surface area contributed by atoms with Gasteiger partial charge in [-0.05, 0) is 68.9 Å². The minimum absolute atomic E-state index is 0.0580. The maximum absolute atomic E-state index is 14.1. The summed E-state index contributed by atoms with van der Waals surface area (Å²) in [5.41, 5.74) is 3.04. The van der Waals surface area contributed by atoms with E-state index in [9.17, 15) is 9.59 Å². The average molecular weight is 562 g/mol. The maximum Gasteiger partial charge on any atom is 0.247 e. The van der Waals surface area contributed by atoms with Crippen molar-refractivity contribution in [3.8, 4) is 11.5 Å². The Morgan fingerprint density at radius 1 is 1.10 bits per heavy atom. The molecule has 1 N–H and O–H groups in total. The van der Waals surface area contributed by atoms with Crippen LogP contribution < -0.4 is 14.8 Å². The Morgan fingerprint density at radius 2 is 1.90 bits per heavy atom. The highest BCUT2D eigenvalue weighted by Gasteiger charge is 2.37. The summed E-state index contributed by atoms with van der Waals surface area (Å²) in [6.45, 7) is 4.05. The summed E-state index contributed by atoms with van der Waals surface area (Å²) in [6.07, 6.45) is 9.96. The zero-order valence-electron chi connectivity index (χ0n) is 23.3. The lowest BCUT2D eigenvalue weighted by atomic mass is 9.86. The Hall–Kier alpha value is -3.92. The number of carbonyl (C=O) groups is 2. The molecule has 0 aliphatic heterocycles. The molecule has 0 fully saturated rings. The van der Waals surface area contributed by atoms with Crippen LogP contribution in [-0.4, -0.2) is 57.7 Å². The normalized spacial score (nSPS) is 15.2. The largest absolute Gasteiger partial charge is 0.497 e. The second-order valence-electron chi connectivity index (χ2n) is 9.65. The molecule has 4 rings (SSSR count). The number of anilines is 1. The number of hydrogen-bond acceptors (Lipinski definition) is 8. The third-order valence-electron chi connectivity index (χ3n) is 6.71. The number of nitrogens with one attached hydrogen (secondary N) is 1. The van der Waals surface area contributed by atoms with Crippen molar-refractivity contribution in [1.29, 1.82) is 0 Å². The van der Waals surface area contributed by atoms with Crippen LogP contribution in [0.3, 0.4) is 0 Å². The quantitative estimate of drug-likeness (QED) is 0.198. The van der Waals surface area contributed by atoms with Crippen molar-refractivity contribution in [2.75, 3.05) is 25.3 Å². The highest BCUT2D eigenvalue weighted by Crippen LogP contribution is 2.32. The zero-order chi connectivity index (χ0) is 28.5. The van der Waals surface area contributed by atoms with Crippen molar-refractivity contribution in [3.05, 3.63) is 77.9 Å². The first kappa shape index (κ1) is 29.1. The first-order chi connectivity index (χ1) is 19.4. The molecule has 0 saturated heterocycles. The summed E-state index contributed by atoms with van der Waals surface area (Å²) in [6, 6.07) is 10.1. The fourth-order valence-corrected chi connectivity index (χ4v) is 5.66. The van der Waals surface area contributed by atoms with E-state index in [0.29, 0.717) is 28.8 Å². The van der Waals surface area contributed by atoms with Crippen LogP contribution in [0.25, 0.3) is 0 Å². The van der Waals surface area contributed by atoms with Crippen molar-refractivity contribution >= 4 is 29.3 Å². The van der Waals surface area contributed by atoms with Crippen molar-refractivity contribution < 1.29 is 19.1 Å². The number of nitrogens with zero attached hydrogens (tertiary/aromatic N) is 4. The van der Waals surface area contributed by atoms with Crippen LogP contribution in [0.4, 0.5) is 5.69 Å². The maximum atomic E-state index is 14.1. The molecule has 3 aromatic rings. The van der Waals surface area contributed by atoms with Gasteiger partial charge in [-0.2, -0.15) is 0 Å². The average Bonchev–Trinajstić information content (AvgIpc) is 2.96. The molecule has 0 saturated carbocycles. The van der Waals surface area contributed by atoms with Gasteiger partial charge >= 0.3 is 0 Å². The fraction of sp³-hybridized carbons (Fsp3) is 0.367. The van der Waals surface area contributed by atoms with Gasteiger partial charge in [0, 0.05) is 36.4 Å². The lowest BCUT2D eigenvalue weighted by molar-refractivity contribution is -0.139. The first-order valence-electron chi connectivity index (χ1n) is 13.2. The molecule has 0 unspecified atom stereocenters. The van der Waals surface area contributed by atoms with Crippen LogP contribution in [0.1, 0.15) is 36.2 Å². The predicted octanol–water partition coefficient (Wildman–Crippen LogP) is 4.99. The molecule has 0 spiro atoms. The Balaban J connectivity index is 1.66. The van der Waals surface area contributed by atoms with Crippen LogP contribution >= 0.6 is 11.8 Å². The second-order valence-corrected chi connectivity index (χ2v) is 10.6. The van der Waals surface area contributed by atoms with Gasteiger partial charge in [0.25, 0.3) is 0 Å². The van der Waals surface area contributed by atoms with Crippen molar-refractivity contribution in [3.63, 3.8) is 0 Å². The molecule has 1 aliphatic rings. The van der Waals surface area contributed by atoms with Gasteiger partial charge in [0.2, 0.25) is 11.8 Å². The molecule has 9 nitrogen and oxygen atoms in total. The van der Waals surface area contributed by atoms with Crippen molar-refractivity contribution in [2.24, 2.45) is 5.92 Å². The standard InChI is InChI=1S/C30H35N5O4S/c1-20-15-21(2)33-30(32-20)40-19-27(36)35(18-22-9-8-14-31-17-22)28(23-10-6-5-7-11-23)29(37)34-25-13-12-24(38-3)16-26(25)39-4/h5-6,8-9,12-17,23,28H,7,10-11,18-19H2,1-4H3,(H,34,37)/t23-,28-/m1/s1. The monoisotopic (exact) mass is 561 g/mol. The number of thioether (sulfide) groups is 1. The zero-order valence-corrected chi connectivity index (χ0v) is 24.1. The number of allylic oxidation sites excluding steroid dienone is 2. The molecule has 2 amide bonds. The van der Waals surface area contributed by atoms with Crippen molar-refractivity contribution in [1.82, 2.24) is 19.9 Å². The van der Waals surface area contributed by atoms with Crippen LogP contribution in [0.15, 0.2) is 66.1 Å². The van der Waals surface area contributed by atoms with E-state index in [4.69, 9.17) is 9.47 Å². The van der Waals surface area contributed by atoms with E-state index >= 15 is 0 Å². The number of aromatic nitrogens is 3. The minimum Gasteiger partial charge on any atom is -0.497 e. The predicted molar refractivity (Wildman–Crippen MR) is 155 cm³/mol. The molecule has 40 heavy (non-hydrogen) atoms. The molecule has 2 aromatic heterocycles. The summed E-state index contributed by atoms with van der Waals surface area (Å²) in [7, 11) is 3.11. The van der Waals surface area contributed by atoms with Crippen LogP contribution in [0, 0.1) is 19.8 Å². The van der Waals surface area contributed by atoms with E-state index < -0.39 is 6.04 Å². The third-order valence-corrected chi connectivity index (χ3v) is 7.54. The molecule has 210 valence electrons. The molecule has 1 aromatic carbocycles. The Kier molecular flexibility index (Phi) is 10.1. The number of aryl methyl sites for hydroxylation is 2. The number of carbonyl (C=O) groups excluding carboxylic acids is 2. The van der Waals surface area contributed by atoms with E-state index in [1.165, 1.54) is 11.8 Å². The molecule has 0 radical (unpaired) electrons. The number of rotatable bonds is 11. The number of ether oxygens (including phenoxy) is 2. The Labute approximate surface area is 239 Å². The van der Waals surface area contributed by atoms with Crippen molar-refractivity contribution in [2.45, 2.75) is 50.9 Å². The van der Waals surface area contributed by atoms with Gasteiger partial charge in [-0.25, -0.2) is 9.97 Å². The van der Waals surface area contributed by atoms with Gasteiger partial charge in [0.1, 0.15) is 17.5 Å². The summed E-state index contributed by atoms with van der Waals surface area (Å²) >= 11 is 1.28. The summed E-state index contributed by atoms with van der Waals surface area (Å²) < 4.78 is 10.8. The van der Waals surface area contributed by atoms with Crippen LogP contribution in [0.5, 0.6) is 11.5 Å². The third kappa shape index (κ3) is 7.59. The van der Waals surface area contributed by atoms with E-state index in [1.54, 1.807) is 49.7 Å². The van der Waals surface area contributed by atoms with Gasteiger partial charge in [0.15, 0.2) is 5.16 Å². The molecule has 2 atom stereocenters. The summed E-state index contributed by atoms with van der Waals surface area (Å²) in [4.78, 5) is 42.8. The number of methoxy groups -OCH3 is 2. The SMILES string of the molecule is COc1ccc(NC(=O)[C@@H]([C@@H]2CC=CCC2)N(Cc2cccnc2)C(=O)CSc2nc(C)cc(C)n2)c(OC)c1. The second kappa shape index (κ2) is 13.9. The lowest BCUT2D eigenvalue weighted by Crippen LogP contribution is -2.52. The molecular weight excluding hydrogens is 526 g/mol. The highest BCUT2D eigenvalue weighted by molar-refractivity contribution is 7.99. The molecule has 1 aliphatic carbocycles. The first-order valence-corrected chi connectivity index (χ1v) is 14.2. The smallest absolute Gasteiger partial charge is 0.247 e. The molecule has 10 heteroatoms. The lowest BCUT2D eigenvalue weighted by Gasteiger charge is -2.37. The number of pyridine rings is 1. The highest BCUT2D eigenvalue weighted by atomic mass is 32.2. The fourth-order valence-electron chi connectivity index (χ4n) is 4.82. The van der Waals surface area contributed by atoms with E-state index in [2.05, 4.69) is 32.4 Å². The molecule has 0 bridgehead atoms. The Morgan fingerprint density at radius 3 is 2.55 bits per heavy atom. The minimum atomic E-state index is -0.717. The van der Waals surface area contributed by atoms with Gasteiger partial charge in [0.05, 0.1) is 25.7 Å². The molecular formula is C30H35N5O4S. The van der Waals surface area contributed by atoms with Crippen LogP contribution in [0.2, 0.25) is 0 Å². The van der Waals surface area contributed by atoms with E-state index in [-0.39, 0.29) is 30.0 Å². The number of hydrogen-bond donors (Lipinski definition) is 1. The van der Waals surface area contributed by atoms with Gasteiger partial charge in [-0.15, -0.1) is 0 Å². The van der Waals surface area contributed by atoms with Crippen LogP contribution in [-0.2, 0) is 16.1 Å². The van der Waals surface area contributed by atoms with Gasteiger partial charge < -0.3 is 19.7 Å². The Bertz CT molecular complexity index is 1330. The van der Waals surface area contributed by atoms with Gasteiger partial charge in [-0.3, -0.25) is 14.6 Å². The van der Waals surface area contributed by atoms with Gasteiger partial charge in [-0.1, -0.05) is 30.0 Å². The number of benzene rings is 1. The van der Waals surface area contributed by atoms with E-state index in [0.717, 1.165) is 29.8 Å². The summed E-state index contributed by atoms with van der Waals surface area (Å²) in [5.74, 6) is 0.686. The summed E-state index contributed by atoms with van der Waals surface area (Å²) in [5, 5.41) is 3.57.